The first kappa shape index (κ1) is 16.2. The van der Waals surface area contributed by atoms with Crippen molar-refractivity contribution in [3.63, 3.8) is 0 Å². The van der Waals surface area contributed by atoms with E-state index in [1.54, 1.807) is 6.33 Å². The monoisotopic (exact) mass is 380 g/mol. The number of rotatable bonds is 4. The number of nitrogens with one attached hydrogen (secondary N) is 1. The lowest BCUT2D eigenvalue weighted by molar-refractivity contribution is 0.293. The topological polar surface area (TPSA) is 76.9 Å². The zero-order chi connectivity index (χ0) is 15.7. The van der Waals surface area contributed by atoms with Gasteiger partial charge in [-0.1, -0.05) is 23.2 Å². The van der Waals surface area contributed by atoms with Gasteiger partial charge in [0.05, 0.1) is 11.1 Å². The molecule has 1 aliphatic carbocycles. The van der Waals surface area contributed by atoms with Gasteiger partial charge >= 0.3 is 0 Å². The molecule has 1 saturated carbocycles. The van der Waals surface area contributed by atoms with E-state index in [2.05, 4.69) is 14.8 Å². The van der Waals surface area contributed by atoms with Crippen LogP contribution in [0.1, 0.15) is 31.7 Å². The maximum absolute atomic E-state index is 12.3. The van der Waals surface area contributed by atoms with E-state index in [-0.39, 0.29) is 25.7 Å². The molecule has 0 aliphatic heterocycles. The van der Waals surface area contributed by atoms with Crippen LogP contribution >= 0.6 is 34.5 Å². The zero-order valence-corrected chi connectivity index (χ0v) is 14.6. The highest BCUT2D eigenvalue weighted by Gasteiger charge is 2.28. The van der Waals surface area contributed by atoms with Crippen LogP contribution in [0, 0.1) is 0 Å². The van der Waals surface area contributed by atoms with Crippen LogP contribution < -0.4 is 4.72 Å². The molecule has 0 bridgehead atoms. The second-order valence-electron chi connectivity index (χ2n) is 5.19. The van der Waals surface area contributed by atoms with Gasteiger partial charge in [-0.15, -0.1) is 11.3 Å². The molecule has 0 spiro atoms. The van der Waals surface area contributed by atoms with Crippen LogP contribution in [0.4, 0.5) is 0 Å². The smallest absolute Gasteiger partial charge is 0.250 e. The van der Waals surface area contributed by atoms with Gasteiger partial charge in [0, 0.05) is 6.04 Å². The summed E-state index contributed by atoms with van der Waals surface area (Å²) in [4.78, 5) is 3.94. The van der Waals surface area contributed by atoms with Crippen molar-refractivity contribution in [1.82, 2.24) is 19.5 Å². The Balaban J connectivity index is 1.62. The summed E-state index contributed by atoms with van der Waals surface area (Å²) in [5, 5.41) is 4.40. The van der Waals surface area contributed by atoms with E-state index in [0.717, 1.165) is 37.0 Å². The molecular weight excluding hydrogens is 367 g/mol. The molecule has 0 amide bonds. The molecule has 0 saturated heterocycles. The third-order valence-electron chi connectivity index (χ3n) is 3.72. The number of sulfonamides is 1. The van der Waals surface area contributed by atoms with Gasteiger partial charge in [-0.3, -0.25) is 0 Å². The summed E-state index contributed by atoms with van der Waals surface area (Å²) in [7, 11) is -3.57. The predicted molar refractivity (Wildman–Crippen MR) is 86.0 cm³/mol. The first-order valence-corrected chi connectivity index (χ1v) is 9.82. The first-order chi connectivity index (χ1) is 10.5. The van der Waals surface area contributed by atoms with Crippen molar-refractivity contribution < 1.29 is 8.42 Å². The van der Waals surface area contributed by atoms with Gasteiger partial charge in [0.1, 0.15) is 21.2 Å². The van der Waals surface area contributed by atoms with Crippen molar-refractivity contribution in [1.29, 1.82) is 0 Å². The average molecular weight is 381 g/mol. The summed E-state index contributed by atoms with van der Waals surface area (Å²) >= 11 is 12.6. The zero-order valence-electron chi connectivity index (χ0n) is 11.4. The Morgan fingerprint density at radius 2 is 2.00 bits per heavy atom. The van der Waals surface area contributed by atoms with Crippen LogP contribution in [0.2, 0.25) is 9.36 Å². The molecule has 120 valence electrons. The Morgan fingerprint density at radius 1 is 1.27 bits per heavy atom. The fourth-order valence-electron chi connectivity index (χ4n) is 2.60. The van der Waals surface area contributed by atoms with Crippen molar-refractivity contribution in [2.45, 2.75) is 42.0 Å². The van der Waals surface area contributed by atoms with E-state index in [0.29, 0.717) is 0 Å². The molecule has 1 fully saturated rings. The highest BCUT2D eigenvalue weighted by Crippen LogP contribution is 2.35. The van der Waals surface area contributed by atoms with Gasteiger partial charge in [-0.25, -0.2) is 22.8 Å². The Hall–Kier alpha value is -0.670. The van der Waals surface area contributed by atoms with Gasteiger partial charge in [0.2, 0.25) is 10.0 Å². The van der Waals surface area contributed by atoms with Crippen molar-refractivity contribution in [2.75, 3.05) is 0 Å². The highest BCUT2D eigenvalue weighted by molar-refractivity contribution is 7.91. The van der Waals surface area contributed by atoms with Gasteiger partial charge in [-0.2, -0.15) is 5.10 Å². The summed E-state index contributed by atoms with van der Waals surface area (Å²) in [6, 6.07) is 1.59. The van der Waals surface area contributed by atoms with Crippen molar-refractivity contribution >= 4 is 44.6 Å². The molecule has 10 heteroatoms. The highest BCUT2D eigenvalue weighted by atomic mass is 35.5. The van der Waals surface area contributed by atoms with Gasteiger partial charge in [0.25, 0.3) is 0 Å². The molecule has 0 atom stereocenters. The number of nitrogens with zero attached hydrogens (tertiary/aromatic N) is 3. The summed E-state index contributed by atoms with van der Waals surface area (Å²) in [6.45, 7) is 0. The van der Waals surface area contributed by atoms with Crippen LogP contribution in [0.15, 0.2) is 22.9 Å². The fraction of sp³-hybridized carbons (Fsp3) is 0.500. The molecule has 1 N–H and O–H groups in total. The van der Waals surface area contributed by atoms with Crippen LogP contribution in [-0.2, 0) is 10.0 Å². The average Bonchev–Trinajstić information content (AvgIpc) is 3.11. The van der Waals surface area contributed by atoms with Crippen LogP contribution in [-0.4, -0.2) is 29.2 Å². The first-order valence-electron chi connectivity index (χ1n) is 6.77. The minimum absolute atomic E-state index is 0.0792. The standard InChI is InChI=1S/C12H14Cl2N4O2S2/c13-10-5-11(21-12(10)14)22(19,20)17-8-1-3-9(4-2-8)18-7-15-6-16-18/h5-9,17H,1-4H2. The number of thiophene rings is 1. The van der Waals surface area contributed by atoms with E-state index >= 15 is 0 Å². The second-order valence-corrected chi connectivity index (χ2v) is 9.19. The molecule has 6 nitrogen and oxygen atoms in total. The van der Waals surface area contributed by atoms with Crippen molar-refractivity contribution in [3.05, 3.63) is 28.1 Å². The van der Waals surface area contributed by atoms with Gasteiger partial charge in [-0.05, 0) is 31.7 Å². The Labute approximate surface area is 142 Å². The Kier molecular flexibility index (Phi) is 4.75. The minimum Gasteiger partial charge on any atom is -0.250 e. The number of halogens is 2. The molecule has 2 heterocycles. The number of aromatic nitrogens is 3. The molecule has 2 aromatic rings. The summed E-state index contributed by atoms with van der Waals surface area (Å²) < 4.78 is 29.7. The lowest BCUT2D eigenvalue weighted by atomic mass is 9.92. The predicted octanol–water partition coefficient (Wildman–Crippen LogP) is 3.11. The fourth-order valence-corrected chi connectivity index (χ4v) is 5.80. The SMILES string of the molecule is O=S(=O)(NC1CCC(n2cncn2)CC1)c1cc(Cl)c(Cl)s1. The lowest BCUT2D eigenvalue weighted by Gasteiger charge is -2.28. The molecule has 0 unspecified atom stereocenters. The largest absolute Gasteiger partial charge is 0.250 e. The molecule has 1 aliphatic rings. The summed E-state index contributed by atoms with van der Waals surface area (Å²) in [6.07, 6.45) is 6.46. The summed E-state index contributed by atoms with van der Waals surface area (Å²) in [5.41, 5.74) is 0. The number of hydrogen-bond donors (Lipinski definition) is 1. The normalized spacial score (nSPS) is 22.8. The molecular formula is C12H14Cl2N4O2S2. The minimum atomic E-state index is -3.57. The molecule has 0 aromatic carbocycles. The second kappa shape index (κ2) is 6.45. The molecule has 22 heavy (non-hydrogen) atoms. The summed E-state index contributed by atoms with van der Waals surface area (Å²) in [5.74, 6) is 0. The quantitative estimate of drug-likeness (QED) is 0.883. The van der Waals surface area contributed by atoms with Crippen LogP contribution in [0.5, 0.6) is 0 Å². The maximum atomic E-state index is 12.3. The third kappa shape index (κ3) is 3.46. The van der Waals surface area contributed by atoms with E-state index < -0.39 is 10.0 Å². The van der Waals surface area contributed by atoms with E-state index in [9.17, 15) is 8.42 Å². The van der Waals surface area contributed by atoms with Crippen LogP contribution in [0.3, 0.4) is 0 Å². The van der Waals surface area contributed by atoms with E-state index in [1.165, 1.54) is 12.4 Å². The van der Waals surface area contributed by atoms with Crippen molar-refractivity contribution in [3.8, 4) is 0 Å². The molecule has 3 rings (SSSR count). The lowest BCUT2D eigenvalue weighted by Crippen LogP contribution is -2.37. The number of hydrogen-bond acceptors (Lipinski definition) is 5. The van der Waals surface area contributed by atoms with Crippen molar-refractivity contribution in [2.24, 2.45) is 0 Å². The van der Waals surface area contributed by atoms with Crippen LogP contribution in [0.25, 0.3) is 0 Å². The van der Waals surface area contributed by atoms with E-state index in [1.807, 2.05) is 4.68 Å². The Morgan fingerprint density at radius 3 is 2.55 bits per heavy atom. The van der Waals surface area contributed by atoms with Gasteiger partial charge < -0.3 is 0 Å². The van der Waals surface area contributed by atoms with Gasteiger partial charge in [0.15, 0.2) is 0 Å². The molecule has 2 aromatic heterocycles. The maximum Gasteiger partial charge on any atom is 0.250 e. The van der Waals surface area contributed by atoms with E-state index in [4.69, 9.17) is 23.2 Å². The third-order valence-corrected chi connectivity index (χ3v) is 7.58. The Bertz CT molecular complexity index is 718. The molecule has 0 radical (unpaired) electrons.